The van der Waals surface area contributed by atoms with Crippen molar-refractivity contribution in [2.75, 3.05) is 6.61 Å². The summed E-state index contributed by atoms with van der Waals surface area (Å²) in [7, 11) is 0. The van der Waals surface area contributed by atoms with Crippen LogP contribution in [0.4, 0.5) is 0 Å². The number of rotatable bonds is 6. The monoisotopic (exact) mass is 168 g/mol. The van der Waals surface area contributed by atoms with E-state index in [0.29, 0.717) is 0 Å². The highest BCUT2D eigenvalue weighted by atomic mass is 16.3. The van der Waals surface area contributed by atoms with E-state index in [2.05, 4.69) is 12.7 Å². The topological polar surface area (TPSA) is 20.2 Å². The molecule has 0 aliphatic carbocycles. The lowest BCUT2D eigenvalue weighted by Crippen LogP contribution is -1.79. The van der Waals surface area contributed by atoms with E-state index in [0.717, 1.165) is 12.0 Å². The Morgan fingerprint density at radius 1 is 1.33 bits per heavy atom. The lowest BCUT2D eigenvalue weighted by atomic mass is 10.1. The standard InChI is InChI=1S/C11H20O/c1-3-4-5-6-7-8-9-11(2)10-12/h8,12H,3-7,10H2,1-2H3. The third-order valence-electron chi connectivity index (χ3n) is 1.79. The molecule has 1 nitrogen and oxygen atoms in total. The van der Waals surface area contributed by atoms with Crippen LogP contribution in [0.5, 0.6) is 0 Å². The van der Waals surface area contributed by atoms with Crippen LogP contribution in [0.2, 0.25) is 0 Å². The smallest absolute Gasteiger partial charge is 0.0712 e. The highest BCUT2D eigenvalue weighted by molar-refractivity contribution is 4.97. The average molecular weight is 168 g/mol. The first-order valence-corrected chi connectivity index (χ1v) is 4.82. The molecular weight excluding hydrogens is 148 g/mol. The fourth-order valence-electron chi connectivity index (χ4n) is 0.965. The van der Waals surface area contributed by atoms with Crippen LogP contribution in [-0.4, -0.2) is 11.7 Å². The van der Waals surface area contributed by atoms with E-state index < -0.39 is 0 Å². The molecule has 0 fully saturated rings. The van der Waals surface area contributed by atoms with E-state index >= 15 is 0 Å². The molecule has 0 bridgehead atoms. The van der Waals surface area contributed by atoms with Crippen LogP contribution in [0.3, 0.4) is 0 Å². The predicted octanol–water partition coefficient (Wildman–Crippen LogP) is 3.05. The Morgan fingerprint density at radius 2 is 2.08 bits per heavy atom. The van der Waals surface area contributed by atoms with Crippen LogP contribution >= 0.6 is 0 Å². The third kappa shape index (κ3) is 7.59. The van der Waals surface area contributed by atoms with Gasteiger partial charge in [0.05, 0.1) is 6.61 Å². The number of aliphatic hydroxyl groups excluding tert-OH is 1. The summed E-state index contributed by atoms with van der Waals surface area (Å²) in [6, 6.07) is 0. The highest BCUT2D eigenvalue weighted by Gasteiger charge is 1.84. The maximum absolute atomic E-state index is 8.66. The van der Waals surface area contributed by atoms with Crippen molar-refractivity contribution in [2.45, 2.75) is 46.0 Å². The van der Waals surface area contributed by atoms with Gasteiger partial charge in [0.25, 0.3) is 0 Å². The van der Waals surface area contributed by atoms with Crippen molar-refractivity contribution < 1.29 is 5.11 Å². The van der Waals surface area contributed by atoms with E-state index in [9.17, 15) is 0 Å². The Labute approximate surface area is 75.8 Å². The molecule has 0 aromatic heterocycles. The van der Waals surface area contributed by atoms with Crippen molar-refractivity contribution in [1.82, 2.24) is 0 Å². The zero-order chi connectivity index (χ0) is 9.23. The van der Waals surface area contributed by atoms with Gasteiger partial charge < -0.3 is 5.11 Å². The summed E-state index contributed by atoms with van der Waals surface area (Å²) in [5.41, 5.74) is 3.97. The SMILES string of the molecule is CCCCCCC=C=C(C)CO. The number of hydrogen-bond donors (Lipinski definition) is 1. The first kappa shape index (κ1) is 11.5. The minimum absolute atomic E-state index is 0.130. The van der Waals surface area contributed by atoms with Crippen LogP contribution in [0.1, 0.15) is 46.0 Å². The molecule has 0 aliphatic rings. The molecule has 0 rings (SSSR count). The number of unbranched alkanes of at least 4 members (excludes halogenated alkanes) is 4. The molecule has 0 radical (unpaired) electrons. The van der Waals surface area contributed by atoms with Gasteiger partial charge in [-0.2, -0.15) is 0 Å². The number of aliphatic hydroxyl groups is 1. The van der Waals surface area contributed by atoms with E-state index in [1.807, 2.05) is 13.0 Å². The Kier molecular flexibility index (Phi) is 8.20. The van der Waals surface area contributed by atoms with Crippen molar-refractivity contribution in [3.8, 4) is 0 Å². The summed E-state index contributed by atoms with van der Waals surface area (Å²) >= 11 is 0. The van der Waals surface area contributed by atoms with E-state index in [1.54, 1.807) is 0 Å². The zero-order valence-corrected chi connectivity index (χ0v) is 8.27. The van der Waals surface area contributed by atoms with E-state index in [-0.39, 0.29) is 6.61 Å². The van der Waals surface area contributed by atoms with Crippen LogP contribution in [0, 0.1) is 0 Å². The summed E-state index contributed by atoms with van der Waals surface area (Å²) in [6.45, 7) is 4.24. The van der Waals surface area contributed by atoms with Crippen molar-refractivity contribution in [3.05, 3.63) is 17.4 Å². The average Bonchev–Trinajstić information content (AvgIpc) is 2.10. The van der Waals surface area contributed by atoms with Gasteiger partial charge in [-0.3, -0.25) is 0 Å². The second-order valence-corrected chi connectivity index (χ2v) is 3.14. The maximum Gasteiger partial charge on any atom is 0.0712 e. The quantitative estimate of drug-likeness (QED) is 0.477. The molecule has 0 spiro atoms. The van der Waals surface area contributed by atoms with Crippen molar-refractivity contribution in [2.24, 2.45) is 0 Å². The van der Waals surface area contributed by atoms with Gasteiger partial charge in [0.1, 0.15) is 0 Å². The van der Waals surface area contributed by atoms with Crippen LogP contribution < -0.4 is 0 Å². The summed E-state index contributed by atoms with van der Waals surface area (Å²) < 4.78 is 0. The van der Waals surface area contributed by atoms with E-state index in [1.165, 1.54) is 25.7 Å². The van der Waals surface area contributed by atoms with Gasteiger partial charge in [-0.05, 0) is 31.4 Å². The Hall–Kier alpha value is -0.520. The minimum Gasteiger partial charge on any atom is -0.391 e. The normalized spacial score (nSPS) is 9.25. The van der Waals surface area contributed by atoms with Crippen molar-refractivity contribution in [1.29, 1.82) is 0 Å². The fourth-order valence-corrected chi connectivity index (χ4v) is 0.965. The Bertz CT molecular complexity index is 152. The maximum atomic E-state index is 8.66. The molecular formula is C11H20O. The van der Waals surface area contributed by atoms with Gasteiger partial charge in [0.15, 0.2) is 0 Å². The fraction of sp³-hybridized carbons (Fsp3) is 0.727. The van der Waals surface area contributed by atoms with Gasteiger partial charge in [-0.15, -0.1) is 5.73 Å². The van der Waals surface area contributed by atoms with Gasteiger partial charge in [0, 0.05) is 0 Å². The van der Waals surface area contributed by atoms with Gasteiger partial charge >= 0.3 is 0 Å². The molecule has 12 heavy (non-hydrogen) atoms. The van der Waals surface area contributed by atoms with Gasteiger partial charge in [-0.25, -0.2) is 0 Å². The second-order valence-electron chi connectivity index (χ2n) is 3.14. The number of hydrogen-bond acceptors (Lipinski definition) is 1. The summed E-state index contributed by atoms with van der Waals surface area (Å²) in [5.74, 6) is 0. The summed E-state index contributed by atoms with van der Waals surface area (Å²) in [5, 5.41) is 8.66. The molecule has 0 saturated heterocycles. The molecule has 1 heteroatoms. The Morgan fingerprint density at radius 3 is 2.67 bits per heavy atom. The molecule has 0 saturated carbocycles. The van der Waals surface area contributed by atoms with Gasteiger partial charge in [-0.1, -0.05) is 26.2 Å². The summed E-state index contributed by atoms with van der Waals surface area (Å²) in [6.07, 6.45) is 8.30. The molecule has 70 valence electrons. The third-order valence-corrected chi connectivity index (χ3v) is 1.79. The lowest BCUT2D eigenvalue weighted by Gasteiger charge is -1.92. The molecule has 0 atom stereocenters. The lowest BCUT2D eigenvalue weighted by molar-refractivity contribution is 0.331. The molecule has 0 unspecified atom stereocenters. The van der Waals surface area contributed by atoms with Crippen LogP contribution in [0.15, 0.2) is 17.4 Å². The van der Waals surface area contributed by atoms with Crippen LogP contribution in [0.25, 0.3) is 0 Å². The molecule has 0 heterocycles. The predicted molar refractivity (Wildman–Crippen MR) is 53.1 cm³/mol. The highest BCUT2D eigenvalue weighted by Crippen LogP contribution is 2.02. The van der Waals surface area contributed by atoms with Crippen molar-refractivity contribution >= 4 is 0 Å². The molecule has 0 amide bonds. The molecule has 1 N–H and O–H groups in total. The minimum atomic E-state index is 0.130. The first-order valence-electron chi connectivity index (χ1n) is 4.82. The second kappa shape index (κ2) is 8.58. The molecule has 0 aromatic rings. The summed E-state index contributed by atoms with van der Waals surface area (Å²) in [4.78, 5) is 0. The van der Waals surface area contributed by atoms with Crippen LogP contribution in [-0.2, 0) is 0 Å². The molecule has 0 aliphatic heterocycles. The van der Waals surface area contributed by atoms with E-state index in [4.69, 9.17) is 5.11 Å². The molecule has 0 aromatic carbocycles. The largest absolute Gasteiger partial charge is 0.391 e. The zero-order valence-electron chi connectivity index (χ0n) is 8.27. The Balaban J connectivity index is 3.35. The van der Waals surface area contributed by atoms with Crippen molar-refractivity contribution in [3.63, 3.8) is 0 Å². The first-order chi connectivity index (χ1) is 5.81. The van der Waals surface area contributed by atoms with Gasteiger partial charge in [0.2, 0.25) is 0 Å².